The Kier molecular flexibility index (Phi) is 6.41. The maximum atomic E-state index is 14.2. The van der Waals surface area contributed by atoms with E-state index >= 15 is 0 Å². The summed E-state index contributed by atoms with van der Waals surface area (Å²) in [5, 5.41) is 3.04. The van der Waals surface area contributed by atoms with Gasteiger partial charge in [-0.15, -0.1) is 0 Å². The molecule has 4 aromatic carbocycles. The number of benzene rings is 4. The number of hydrogen-bond donors (Lipinski definition) is 0. The molecule has 32 heavy (non-hydrogen) atoms. The second kappa shape index (κ2) is 9.09. The van der Waals surface area contributed by atoms with E-state index in [2.05, 4.69) is 58.4 Å². The van der Waals surface area contributed by atoms with Crippen molar-refractivity contribution in [3.05, 3.63) is 127 Å². The number of rotatable bonds is 7. The normalized spacial score (nSPS) is 13.5. The fraction of sp³-hybridized carbons (Fsp3) is 0.0714. The van der Waals surface area contributed by atoms with Crippen LogP contribution in [0.5, 0.6) is 0 Å². The van der Waals surface area contributed by atoms with Crippen molar-refractivity contribution in [2.75, 3.05) is 0 Å². The molecule has 0 amide bonds. The van der Waals surface area contributed by atoms with E-state index in [-0.39, 0.29) is 11.6 Å². The zero-order valence-electron chi connectivity index (χ0n) is 17.8. The summed E-state index contributed by atoms with van der Waals surface area (Å²) in [5.74, 6) is -0.260. The van der Waals surface area contributed by atoms with Crippen molar-refractivity contribution in [2.45, 2.75) is 12.6 Å². The molecule has 4 aromatic rings. The van der Waals surface area contributed by atoms with Crippen molar-refractivity contribution >= 4 is 53.8 Å². The summed E-state index contributed by atoms with van der Waals surface area (Å²) < 4.78 is -3.62. The van der Waals surface area contributed by atoms with Gasteiger partial charge in [0.25, 0.3) is 0 Å². The van der Waals surface area contributed by atoms with Crippen LogP contribution in [0.4, 0.5) is 0 Å². The molecule has 0 bridgehead atoms. The molecule has 1 unspecified atom stereocenters. The van der Waals surface area contributed by atoms with Gasteiger partial charge in [-0.05, 0) is 0 Å². The number of ketones is 2. The van der Waals surface area contributed by atoms with Crippen molar-refractivity contribution < 1.29 is 9.59 Å². The number of hydrogen-bond acceptors (Lipinski definition) is 2. The molecule has 1 atom stereocenters. The van der Waals surface area contributed by atoms with Crippen LogP contribution in [0.1, 0.15) is 17.3 Å². The van der Waals surface area contributed by atoms with Gasteiger partial charge < -0.3 is 0 Å². The van der Waals surface area contributed by atoms with E-state index in [0.717, 1.165) is 15.9 Å². The number of carbonyl (C=O) groups excluding carboxylic acids is 2. The molecule has 0 heterocycles. The first kappa shape index (κ1) is 22.6. The molecule has 0 radical (unpaired) electrons. The SMILES string of the molecule is CC(=O)C(C(=O)c1ccccc1)P(I)(c1ccccc1)(c1ccccc1)c1ccccc1. The van der Waals surface area contributed by atoms with E-state index in [1.54, 1.807) is 19.1 Å². The predicted octanol–water partition coefficient (Wildman–Crippen LogP) is 5.71. The second-order valence-electron chi connectivity index (χ2n) is 7.82. The van der Waals surface area contributed by atoms with Gasteiger partial charge in [0, 0.05) is 0 Å². The predicted molar refractivity (Wildman–Crippen MR) is 144 cm³/mol. The molecular weight excluding hydrogens is 526 g/mol. The fourth-order valence-electron chi connectivity index (χ4n) is 4.56. The van der Waals surface area contributed by atoms with Crippen LogP contribution in [0.25, 0.3) is 0 Å². The summed E-state index contributed by atoms with van der Waals surface area (Å²) in [6, 6.07) is 39.5. The van der Waals surface area contributed by atoms with E-state index < -0.39 is 9.90 Å². The van der Waals surface area contributed by atoms with Crippen LogP contribution in [0.2, 0.25) is 0 Å². The van der Waals surface area contributed by atoms with Crippen molar-refractivity contribution in [1.82, 2.24) is 0 Å². The number of carbonyl (C=O) groups is 2. The average Bonchev–Trinajstić information content (AvgIpc) is 2.86. The molecule has 0 spiro atoms. The molecule has 0 N–H and O–H groups in total. The summed E-state index contributed by atoms with van der Waals surface area (Å²) >= 11 is 2.51. The number of halogens is 1. The van der Waals surface area contributed by atoms with Gasteiger partial charge in [0.2, 0.25) is 0 Å². The Balaban J connectivity index is 2.19. The fourth-order valence-corrected chi connectivity index (χ4v) is 14.7. The third kappa shape index (κ3) is 3.54. The number of Topliss-reactive ketones (excluding diaryl/α,β-unsaturated/α-hetero) is 2. The molecule has 2 nitrogen and oxygen atoms in total. The molecule has 4 heteroatoms. The summed E-state index contributed by atoms with van der Waals surface area (Å²) in [6.45, 7) is 1.56. The first-order valence-electron chi connectivity index (χ1n) is 10.5. The zero-order chi connectivity index (χ0) is 22.6. The summed E-state index contributed by atoms with van der Waals surface area (Å²) in [4.78, 5) is 27.7. The van der Waals surface area contributed by atoms with Gasteiger partial charge >= 0.3 is 203 Å². The first-order valence-corrected chi connectivity index (χ1v) is 15.6. The van der Waals surface area contributed by atoms with Crippen LogP contribution in [-0.4, -0.2) is 17.2 Å². The average molecular weight is 550 g/mol. The molecular formula is C28H24IO2P. The van der Waals surface area contributed by atoms with Gasteiger partial charge in [-0.1, -0.05) is 0 Å². The Labute approximate surface area is 202 Å². The Bertz CT molecular complexity index is 1130. The second-order valence-corrected chi connectivity index (χ2v) is 18.1. The molecule has 0 aromatic heterocycles. The van der Waals surface area contributed by atoms with E-state index in [1.807, 2.05) is 72.8 Å². The Morgan fingerprint density at radius 1 is 0.594 bits per heavy atom. The van der Waals surface area contributed by atoms with Gasteiger partial charge in [-0.25, -0.2) is 0 Å². The van der Waals surface area contributed by atoms with Crippen LogP contribution in [0, 0.1) is 0 Å². The van der Waals surface area contributed by atoms with Gasteiger partial charge in [-0.3, -0.25) is 0 Å². The van der Waals surface area contributed by atoms with Crippen LogP contribution < -0.4 is 15.9 Å². The van der Waals surface area contributed by atoms with Gasteiger partial charge in [-0.2, -0.15) is 0 Å². The van der Waals surface area contributed by atoms with E-state index in [1.165, 1.54) is 0 Å². The third-order valence-corrected chi connectivity index (χ3v) is 18.1. The monoisotopic (exact) mass is 550 g/mol. The third-order valence-electron chi connectivity index (χ3n) is 5.96. The standard InChI is InChI=1S/C28H24IO2P/c1-22(30)28(27(31)23-14-6-2-7-15-23)32(29,24-16-8-3-9-17-24,25-18-10-4-11-19-25)26-20-12-5-13-21-26/h2-21,28H,1H3. The zero-order valence-corrected chi connectivity index (χ0v) is 20.8. The van der Waals surface area contributed by atoms with E-state index in [0.29, 0.717) is 5.56 Å². The van der Waals surface area contributed by atoms with Crippen molar-refractivity contribution in [2.24, 2.45) is 0 Å². The minimum absolute atomic E-state index is 0.123. The topological polar surface area (TPSA) is 34.1 Å². The van der Waals surface area contributed by atoms with Crippen LogP contribution >= 0.6 is 26.3 Å². The Morgan fingerprint density at radius 2 is 0.906 bits per heavy atom. The molecule has 160 valence electrons. The van der Waals surface area contributed by atoms with E-state index in [4.69, 9.17) is 0 Å². The molecule has 0 aliphatic carbocycles. The van der Waals surface area contributed by atoms with Crippen LogP contribution in [-0.2, 0) is 4.79 Å². The summed E-state index contributed by atoms with van der Waals surface area (Å²) in [5.41, 5.74) is -0.294. The molecule has 0 aliphatic heterocycles. The first-order chi connectivity index (χ1) is 15.5. The Hall–Kier alpha value is -2.62. The quantitative estimate of drug-likeness (QED) is 0.128. The molecule has 4 rings (SSSR count). The minimum atomic E-state index is -3.62. The van der Waals surface area contributed by atoms with Crippen LogP contribution in [0.3, 0.4) is 0 Å². The van der Waals surface area contributed by atoms with Gasteiger partial charge in [0.1, 0.15) is 0 Å². The van der Waals surface area contributed by atoms with E-state index in [9.17, 15) is 9.59 Å². The van der Waals surface area contributed by atoms with Crippen molar-refractivity contribution in [1.29, 1.82) is 0 Å². The summed E-state index contributed by atoms with van der Waals surface area (Å²) in [6.07, 6.45) is 0. The molecule has 0 fully saturated rings. The van der Waals surface area contributed by atoms with Gasteiger partial charge in [0.05, 0.1) is 0 Å². The molecule has 0 saturated heterocycles. The van der Waals surface area contributed by atoms with Crippen molar-refractivity contribution in [3.63, 3.8) is 0 Å². The molecule has 0 aliphatic rings. The summed E-state index contributed by atoms with van der Waals surface area (Å²) in [7, 11) is 0. The van der Waals surface area contributed by atoms with Gasteiger partial charge in [0.15, 0.2) is 0 Å². The van der Waals surface area contributed by atoms with Crippen LogP contribution in [0.15, 0.2) is 121 Å². The van der Waals surface area contributed by atoms with Crippen molar-refractivity contribution in [3.8, 4) is 0 Å². The molecule has 0 saturated carbocycles. The Morgan fingerprint density at radius 3 is 1.22 bits per heavy atom. The maximum absolute atomic E-state index is 14.2.